The molecule has 0 bridgehead atoms. The van der Waals surface area contributed by atoms with E-state index in [1.165, 1.54) is 0 Å². The van der Waals surface area contributed by atoms with Gasteiger partial charge in [0.25, 0.3) is 0 Å². The molecular formula is C18H24N2O2. The van der Waals surface area contributed by atoms with Gasteiger partial charge in [0.05, 0.1) is 18.1 Å². The standard InChI is InChI=1S/C18H24N2O2/c21-18(17-7-1-2-10-19-17)15-8-12-20(13-9-15)11-3-5-16-6-4-14-22-16/h1-2,4,6-7,10,14-15,18,21H,3,5,8-9,11-13H2/t18-/m0/s1. The van der Waals surface area contributed by atoms with E-state index in [9.17, 15) is 5.11 Å². The van der Waals surface area contributed by atoms with Gasteiger partial charge >= 0.3 is 0 Å². The van der Waals surface area contributed by atoms with Crippen molar-refractivity contribution >= 4 is 0 Å². The number of piperidine rings is 1. The van der Waals surface area contributed by atoms with Crippen molar-refractivity contribution in [1.82, 2.24) is 9.88 Å². The quantitative estimate of drug-likeness (QED) is 0.891. The van der Waals surface area contributed by atoms with Crippen molar-refractivity contribution < 1.29 is 9.52 Å². The highest BCUT2D eigenvalue weighted by Gasteiger charge is 2.26. The van der Waals surface area contributed by atoms with Gasteiger partial charge in [0.1, 0.15) is 5.76 Å². The van der Waals surface area contributed by atoms with Crippen LogP contribution in [-0.4, -0.2) is 34.6 Å². The van der Waals surface area contributed by atoms with Crippen molar-refractivity contribution in [3.05, 3.63) is 54.2 Å². The molecule has 3 rings (SSSR count). The summed E-state index contributed by atoms with van der Waals surface area (Å²) in [6.45, 7) is 3.23. The van der Waals surface area contributed by atoms with Crippen LogP contribution in [0.5, 0.6) is 0 Å². The molecule has 0 radical (unpaired) electrons. The first-order chi connectivity index (χ1) is 10.8. The van der Waals surface area contributed by atoms with Crippen LogP contribution in [0.3, 0.4) is 0 Å². The molecule has 0 aliphatic carbocycles. The Kier molecular flexibility index (Phi) is 5.24. The predicted molar refractivity (Wildman–Crippen MR) is 85.4 cm³/mol. The molecule has 1 aliphatic heterocycles. The summed E-state index contributed by atoms with van der Waals surface area (Å²) < 4.78 is 5.36. The maximum atomic E-state index is 10.4. The molecule has 0 aromatic carbocycles. The molecule has 118 valence electrons. The van der Waals surface area contributed by atoms with E-state index in [-0.39, 0.29) is 0 Å². The summed E-state index contributed by atoms with van der Waals surface area (Å²) in [7, 11) is 0. The van der Waals surface area contributed by atoms with Crippen LogP contribution in [0, 0.1) is 5.92 Å². The number of furan rings is 1. The number of aryl methyl sites for hydroxylation is 1. The molecule has 22 heavy (non-hydrogen) atoms. The molecule has 1 saturated heterocycles. The smallest absolute Gasteiger partial charge is 0.103 e. The molecular weight excluding hydrogens is 276 g/mol. The Labute approximate surface area is 131 Å². The molecule has 1 N–H and O–H groups in total. The number of hydrogen-bond acceptors (Lipinski definition) is 4. The maximum absolute atomic E-state index is 10.4. The first-order valence-corrected chi connectivity index (χ1v) is 8.16. The van der Waals surface area contributed by atoms with Gasteiger partial charge in [-0.15, -0.1) is 0 Å². The number of aliphatic hydroxyl groups is 1. The molecule has 1 aliphatic rings. The Morgan fingerprint density at radius 2 is 2.09 bits per heavy atom. The van der Waals surface area contributed by atoms with Crippen LogP contribution in [0.15, 0.2) is 47.2 Å². The normalized spacial score (nSPS) is 18.4. The number of nitrogens with zero attached hydrogens (tertiary/aromatic N) is 2. The third kappa shape index (κ3) is 3.96. The van der Waals surface area contributed by atoms with E-state index >= 15 is 0 Å². The zero-order chi connectivity index (χ0) is 15.2. The Bertz CT molecular complexity index is 533. The number of hydrogen-bond donors (Lipinski definition) is 1. The minimum absolute atomic E-state index is 0.330. The second-order valence-electron chi connectivity index (χ2n) is 6.06. The second kappa shape index (κ2) is 7.56. The van der Waals surface area contributed by atoms with Crippen molar-refractivity contribution in [1.29, 1.82) is 0 Å². The van der Waals surface area contributed by atoms with Crippen LogP contribution in [0.2, 0.25) is 0 Å². The van der Waals surface area contributed by atoms with E-state index in [0.29, 0.717) is 5.92 Å². The summed E-state index contributed by atoms with van der Waals surface area (Å²) in [5, 5.41) is 10.4. The largest absolute Gasteiger partial charge is 0.469 e. The van der Waals surface area contributed by atoms with E-state index in [2.05, 4.69) is 9.88 Å². The Morgan fingerprint density at radius 1 is 1.23 bits per heavy atom. The minimum atomic E-state index is -0.425. The number of pyridine rings is 1. The summed E-state index contributed by atoms with van der Waals surface area (Å²) in [6, 6.07) is 9.73. The fourth-order valence-corrected chi connectivity index (χ4v) is 3.22. The Morgan fingerprint density at radius 3 is 2.77 bits per heavy atom. The highest BCUT2D eigenvalue weighted by Crippen LogP contribution is 2.29. The highest BCUT2D eigenvalue weighted by atomic mass is 16.3. The Hall–Kier alpha value is -1.65. The van der Waals surface area contributed by atoms with Crippen molar-refractivity contribution in [2.24, 2.45) is 5.92 Å². The first-order valence-electron chi connectivity index (χ1n) is 8.16. The second-order valence-corrected chi connectivity index (χ2v) is 6.06. The molecule has 4 heteroatoms. The van der Waals surface area contributed by atoms with Gasteiger partial charge in [-0.3, -0.25) is 4.98 Å². The third-order valence-electron chi connectivity index (χ3n) is 4.55. The topological polar surface area (TPSA) is 49.5 Å². The fraction of sp³-hybridized carbons (Fsp3) is 0.500. The molecule has 0 spiro atoms. The van der Waals surface area contributed by atoms with E-state index in [4.69, 9.17) is 4.42 Å². The van der Waals surface area contributed by atoms with Crippen LogP contribution in [-0.2, 0) is 6.42 Å². The molecule has 2 aromatic rings. The van der Waals surface area contributed by atoms with Gasteiger partial charge in [0, 0.05) is 12.6 Å². The average Bonchev–Trinajstić information content (AvgIpc) is 3.09. The zero-order valence-corrected chi connectivity index (χ0v) is 12.9. The molecule has 0 unspecified atom stereocenters. The minimum Gasteiger partial charge on any atom is -0.469 e. The molecule has 1 atom stereocenters. The van der Waals surface area contributed by atoms with Gasteiger partial charge in [-0.05, 0) is 69.1 Å². The van der Waals surface area contributed by atoms with E-state index < -0.39 is 6.10 Å². The van der Waals surface area contributed by atoms with Crippen LogP contribution in [0.25, 0.3) is 0 Å². The summed E-state index contributed by atoms with van der Waals surface area (Å²) in [5.41, 5.74) is 0.804. The van der Waals surface area contributed by atoms with Crippen molar-refractivity contribution in [2.75, 3.05) is 19.6 Å². The van der Waals surface area contributed by atoms with Crippen molar-refractivity contribution in [3.63, 3.8) is 0 Å². The summed E-state index contributed by atoms with van der Waals surface area (Å²) in [6.07, 6.45) is 7.27. The SMILES string of the molecule is O[C@H](c1ccccn1)C1CCN(CCCc2ccco2)CC1. The Balaban J connectivity index is 1.40. The summed E-state index contributed by atoms with van der Waals surface area (Å²) >= 11 is 0. The number of aliphatic hydroxyl groups excluding tert-OH is 1. The molecule has 0 amide bonds. The van der Waals surface area contributed by atoms with Gasteiger partial charge in [0.15, 0.2) is 0 Å². The number of rotatable bonds is 6. The number of likely N-dealkylation sites (tertiary alicyclic amines) is 1. The monoisotopic (exact) mass is 300 g/mol. The molecule has 2 aromatic heterocycles. The van der Waals surface area contributed by atoms with E-state index in [1.54, 1.807) is 12.5 Å². The van der Waals surface area contributed by atoms with Gasteiger partial charge in [0.2, 0.25) is 0 Å². The maximum Gasteiger partial charge on any atom is 0.103 e. The van der Waals surface area contributed by atoms with Gasteiger partial charge in [-0.2, -0.15) is 0 Å². The highest BCUT2D eigenvalue weighted by molar-refractivity contribution is 5.08. The lowest BCUT2D eigenvalue weighted by Gasteiger charge is -2.34. The van der Waals surface area contributed by atoms with Crippen molar-refractivity contribution in [3.8, 4) is 0 Å². The molecule has 3 heterocycles. The van der Waals surface area contributed by atoms with Crippen LogP contribution >= 0.6 is 0 Å². The van der Waals surface area contributed by atoms with Gasteiger partial charge in [-0.1, -0.05) is 6.07 Å². The lowest BCUT2D eigenvalue weighted by Crippen LogP contribution is -2.36. The van der Waals surface area contributed by atoms with Crippen LogP contribution in [0.1, 0.15) is 36.8 Å². The average molecular weight is 300 g/mol. The summed E-state index contributed by atoms with van der Waals surface area (Å²) in [5.74, 6) is 1.40. The molecule has 0 saturated carbocycles. The van der Waals surface area contributed by atoms with Crippen LogP contribution < -0.4 is 0 Å². The van der Waals surface area contributed by atoms with Gasteiger partial charge < -0.3 is 14.4 Å². The fourth-order valence-electron chi connectivity index (χ4n) is 3.22. The van der Waals surface area contributed by atoms with Gasteiger partial charge in [-0.25, -0.2) is 0 Å². The zero-order valence-electron chi connectivity index (χ0n) is 12.9. The lowest BCUT2D eigenvalue weighted by atomic mass is 9.89. The van der Waals surface area contributed by atoms with E-state index in [1.807, 2.05) is 30.3 Å². The molecule has 4 nitrogen and oxygen atoms in total. The van der Waals surface area contributed by atoms with Crippen LogP contribution in [0.4, 0.5) is 0 Å². The number of aromatic nitrogens is 1. The predicted octanol–water partition coefficient (Wildman–Crippen LogP) is 3.05. The van der Waals surface area contributed by atoms with E-state index in [0.717, 1.165) is 56.8 Å². The summed E-state index contributed by atoms with van der Waals surface area (Å²) in [4.78, 5) is 6.77. The molecule has 1 fully saturated rings. The third-order valence-corrected chi connectivity index (χ3v) is 4.55. The van der Waals surface area contributed by atoms with Crippen molar-refractivity contribution in [2.45, 2.75) is 31.8 Å². The first kappa shape index (κ1) is 15.3. The lowest BCUT2D eigenvalue weighted by molar-refractivity contribution is 0.0557.